The monoisotopic (exact) mass is 900 g/mol. The van der Waals surface area contributed by atoms with E-state index in [9.17, 15) is 19.2 Å². The van der Waals surface area contributed by atoms with Crippen LogP contribution in [0, 0.1) is 0 Å². The van der Waals surface area contributed by atoms with E-state index in [1.54, 1.807) is 72.8 Å². The minimum atomic E-state index is -1.55. The summed E-state index contributed by atoms with van der Waals surface area (Å²) in [4.78, 5) is 72.1. The molecule has 12 nitrogen and oxygen atoms in total. The molecule has 2 unspecified atom stereocenters. The molecule has 14 heteroatoms. The van der Waals surface area contributed by atoms with Crippen LogP contribution in [0.2, 0.25) is 10.0 Å². The van der Waals surface area contributed by atoms with Crippen LogP contribution in [0.1, 0.15) is 36.1 Å². The Balaban J connectivity index is 1.30. The topological polar surface area (TPSA) is 124 Å². The van der Waals surface area contributed by atoms with Crippen LogP contribution < -0.4 is 10.6 Å². The van der Waals surface area contributed by atoms with E-state index in [1.165, 1.54) is 0 Å². The number of benzene rings is 6. The van der Waals surface area contributed by atoms with Gasteiger partial charge in [-0.2, -0.15) is 0 Å². The lowest BCUT2D eigenvalue weighted by molar-refractivity contribution is -0.212. The van der Waals surface area contributed by atoms with Crippen molar-refractivity contribution >= 4 is 58.6 Å². The van der Waals surface area contributed by atoms with Gasteiger partial charge in [0.25, 0.3) is 0 Å². The molecule has 0 aliphatic heterocycles. The number of nitrogens with zero attached hydrogens (tertiary/aromatic N) is 4. The zero-order chi connectivity index (χ0) is 45.6. The summed E-state index contributed by atoms with van der Waals surface area (Å²) in [5.74, 6) is -3.10. The molecule has 0 saturated carbocycles. The van der Waals surface area contributed by atoms with Crippen LogP contribution in [0.5, 0.6) is 0 Å². The van der Waals surface area contributed by atoms with Gasteiger partial charge in [-0.25, -0.2) is 19.2 Å². The van der Waals surface area contributed by atoms with Crippen molar-refractivity contribution in [1.29, 1.82) is 0 Å². The second-order valence-electron chi connectivity index (χ2n) is 15.5. The van der Waals surface area contributed by atoms with Crippen molar-refractivity contribution in [2.45, 2.75) is 24.9 Å². The van der Waals surface area contributed by atoms with Gasteiger partial charge in [0.1, 0.15) is 0 Å². The summed E-state index contributed by atoms with van der Waals surface area (Å²) in [5.41, 5.74) is 5.80. The van der Waals surface area contributed by atoms with Gasteiger partial charge < -0.3 is 30.1 Å². The average molecular weight is 902 g/mol. The van der Waals surface area contributed by atoms with Gasteiger partial charge in [-0.15, -0.1) is 10.1 Å². The van der Waals surface area contributed by atoms with Crippen molar-refractivity contribution in [2.75, 3.05) is 51.9 Å². The fraction of sp³-hybridized carbons (Fsp3) is 0.200. The average Bonchev–Trinajstić information content (AvgIpc) is 3.30. The summed E-state index contributed by atoms with van der Waals surface area (Å²) in [5, 5.41) is 8.19. The smallest absolute Gasteiger partial charge is 0.325 e. The van der Waals surface area contributed by atoms with Crippen molar-refractivity contribution in [1.82, 2.24) is 19.9 Å². The van der Waals surface area contributed by atoms with Gasteiger partial charge in [-0.3, -0.25) is 0 Å². The second kappa shape index (κ2) is 22.6. The number of hydrogen-bond acceptors (Lipinski definition) is 8. The highest BCUT2D eigenvalue weighted by Gasteiger charge is 2.37. The van der Waals surface area contributed by atoms with Crippen molar-refractivity contribution in [3.05, 3.63) is 179 Å². The molecule has 0 radical (unpaired) electrons. The van der Waals surface area contributed by atoms with Gasteiger partial charge >= 0.3 is 24.0 Å². The highest BCUT2D eigenvalue weighted by molar-refractivity contribution is 6.31. The number of anilines is 2. The molecule has 330 valence electrons. The maximum atomic E-state index is 14.3. The molecule has 0 aliphatic carbocycles. The number of carbonyl (C=O) groups excluding carboxylic acids is 4. The van der Waals surface area contributed by atoms with E-state index in [4.69, 9.17) is 32.9 Å². The summed E-state index contributed by atoms with van der Waals surface area (Å²) in [6.07, 6.45) is 0.552. The van der Waals surface area contributed by atoms with Crippen LogP contribution in [0.25, 0.3) is 22.3 Å². The number of hydrogen-bond donors (Lipinski definition) is 2. The van der Waals surface area contributed by atoms with Crippen LogP contribution in [0.15, 0.2) is 158 Å². The van der Waals surface area contributed by atoms with E-state index in [0.29, 0.717) is 45.6 Å². The normalized spacial score (nSPS) is 11.9. The Hall–Kier alpha value is -6.70. The molecular weight excluding hydrogens is 851 g/mol. The summed E-state index contributed by atoms with van der Waals surface area (Å²) >= 11 is 12.5. The van der Waals surface area contributed by atoms with E-state index < -0.39 is 36.1 Å². The SMILES string of the molecule is CN(C)CCC(c1ccc(Cl)cc1)N(OC(=O)C(=O)ON(C(=O)Nc1ccc(-c2ccccc2)cc1)C(CCN(C)C)c1ccc(Cl)cc1)C(=O)Nc1ccc(-c2ccccc2)cc1. The second-order valence-corrected chi connectivity index (χ2v) is 16.3. The van der Waals surface area contributed by atoms with Gasteiger partial charge in [0, 0.05) is 21.4 Å². The van der Waals surface area contributed by atoms with Gasteiger partial charge in [-0.1, -0.05) is 132 Å². The molecule has 2 N–H and O–H groups in total. The molecule has 2 atom stereocenters. The number of rotatable bonds is 14. The van der Waals surface area contributed by atoms with Crippen molar-refractivity contribution in [3.63, 3.8) is 0 Å². The van der Waals surface area contributed by atoms with Crippen molar-refractivity contribution in [3.8, 4) is 22.3 Å². The number of nitrogens with one attached hydrogen (secondary N) is 2. The molecule has 0 spiro atoms. The van der Waals surface area contributed by atoms with E-state index in [2.05, 4.69) is 10.6 Å². The highest BCUT2D eigenvalue weighted by Crippen LogP contribution is 2.31. The summed E-state index contributed by atoms with van der Waals surface area (Å²) in [7, 11) is 7.47. The largest absolute Gasteiger partial charge is 0.444 e. The predicted octanol–water partition coefficient (Wildman–Crippen LogP) is 11.0. The van der Waals surface area contributed by atoms with E-state index in [-0.39, 0.29) is 12.8 Å². The van der Waals surface area contributed by atoms with Crippen LogP contribution in [-0.2, 0) is 19.3 Å². The quantitative estimate of drug-likeness (QED) is 0.0818. The van der Waals surface area contributed by atoms with Gasteiger partial charge in [-0.05, 0) is 136 Å². The molecular formula is C50H50Cl2N6O6. The Morgan fingerprint density at radius 3 is 1.08 bits per heavy atom. The molecule has 4 amide bonds. The number of urea groups is 2. The van der Waals surface area contributed by atoms with Crippen molar-refractivity contribution in [2.24, 2.45) is 0 Å². The molecule has 64 heavy (non-hydrogen) atoms. The lowest BCUT2D eigenvalue weighted by Gasteiger charge is -2.32. The molecule has 0 aliphatic rings. The Morgan fingerprint density at radius 2 is 0.766 bits per heavy atom. The molecule has 6 aromatic carbocycles. The standard InChI is InChI=1S/C50H50Cl2N6O6/c1-55(2)33-31-45(39-15-23-41(51)24-16-39)57(49(61)53-43-27-19-37(20-28-43)35-11-7-5-8-12-35)63-47(59)48(60)64-58(46(32-34-56(3)4)40-17-25-42(52)26-18-40)50(62)54-44-29-21-38(22-30-44)36-13-9-6-10-14-36/h5-30,45-46H,31-34H2,1-4H3,(H,53,61)(H,54,62). The molecule has 0 aromatic heterocycles. The van der Waals surface area contributed by atoms with E-state index in [0.717, 1.165) is 32.4 Å². The molecule has 0 bridgehead atoms. The first-order valence-electron chi connectivity index (χ1n) is 20.6. The minimum absolute atomic E-state index is 0.276. The lowest BCUT2D eigenvalue weighted by atomic mass is 10.0. The Bertz CT molecular complexity index is 2280. The molecule has 0 fully saturated rings. The fourth-order valence-electron chi connectivity index (χ4n) is 6.83. The third-order valence-electron chi connectivity index (χ3n) is 10.2. The molecule has 6 rings (SSSR count). The predicted molar refractivity (Wildman–Crippen MR) is 252 cm³/mol. The van der Waals surface area contributed by atoms with Crippen LogP contribution in [-0.4, -0.2) is 85.2 Å². The van der Waals surface area contributed by atoms with E-state index in [1.807, 2.05) is 123 Å². The summed E-state index contributed by atoms with van der Waals surface area (Å²) < 4.78 is 0. The zero-order valence-electron chi connectivity index (χ0n) is 36.0. The van der Waals surface area contributed by atoms with Crippen LogP contribution >= 0.6 is 23.2 Å². The summed E-state index contributed by atoms with van der Waals surface area (Å²) in [6, 6.07) is 43.8. The van der Waals surface area contributed by atoms with Crippen molar-refractivity contribution < 1.29 is 28.9 Å². The Kier molecular flexibility index (Phi) is 16.5. The molecule has 6 aromatic rings. The third kappa shape index (κ3) is 13.2. The van der Waals surface area contributed by atoms with Gasteiger partial charge in [0.15, 0.2) is 0 Å². The number of halogens is 2. The maximum absolute atomic E-state index is 14.3. The van der Waals surface area contributed by atoms with Crippen LogP contribution in [0.4, 0.5) is 21.0 Å². The third-order valence-corrected chi connectivity index (χ3v) is 10.7. The maximum Gasteiger partial charge on any atom is 0.444 e. The van der Waals surface area contributed by atoms with Crippen LogP contribution in [0.3, 0.4) is 0 Å². The molecule has 0 saturated heterocycles. The summed E-state index contributed by atoms with van der Waals surface area (Å²) in [6.45, 7) is 0.916. The number of hydroxylamine groups is 4. The first kappa shape index (κ1) is 46.8. The zero-order valence-corrected chi connectivity index (χ0v) is 37.5. The highest BCUT2D eigenvalue weighted by atomic mass is 35.5. The fourth-order valence-corrected chi connectivity index (χ4v) is 7.08. The van der Waals surface area contributed by atoms with Gasteiger partial charge in [0.05, 0.1) is 12.1 Å². The minimum Gasteiger partial charge on any atom is -0.325 e. The first-order chi connectivity index (χ1) is 30.8. The molecule has 0 heterocycles. The van der Waals surface area contributed by atoms with Gasteiger partial charge in [0.2, 0.25) is 0 Å². The lowest BCUT2D eigenvalue weighted by Crippen LogP contribution is -2.45. The first-order valence-corrected chi connectivity index (χ1v) is 21.4. The van der Waals surface area contributed by atoms with E-state index >= 15 is 0 Å². The Labute approximate surface area is 383 Å². The Morgan fingerprint density at radius 1 is 0.453 bits per heavy atom. The number of amides is 4. The number of carbonyl (C=O) groups is 4.